The molecule has 0 spiro atoms. The number of aromatic nitrogens is 2. The van der Waals surface area contributed by atoms with Crippen LogP contribution >= 0.6 is 11.3 Å². The third-order valence-electron chi connectivity index (χ3n) is 1.30. The van der Waals surface area contributed by atoms with Crippen molar-refractivity contribution in [1.82, 2.24) is 10.2 Å². The zero-order chi connectivity index (χ0) is 8.97. The van der Waals surface area contributed by atoms with Gasteiger partial charge >= 0.3 is 0 Å². The van der Waals surface area contributed by atoms with E-state index < -0.39 is 10.8 Å². The summed E-state index contributed by atoms with van der Waals surface area (Å²) < 4.78 is 11.9. The van der Waals surface area contributed by atoms with Crippen molar-refractivity contribution >= 4 is 27.3 Å². The first-order valence-electron chi connectivity index (χ1n) is 3.71. The molecule has 0 radical (unpaired) electrons. The number of nitrogens with two attached hydrogens (primary N) is 1. The van der Waals surface area contributed by atoms with Gasteiger partial charge in [-0.25, -0.2) is 0 Å². The molecule has 0 amide bonds. The fourth-order valence-corrected chi connectivity index (χ4v) is 2.75. The van der Waals surface area contributed by atoms with E-state index >= 15 is 0 Å². The molecule has 1 aromatic rings. The van der Waals surface area contributed by atoms with Crippen LogP contribution in [0.3, 0.4) is 0 Å². The second-order valence-electron chi connectivity index (χ2n) is 2.31. The lowest BCUT2D eigenvalue weighted by Gasteiger charge is -1.93. The molecule has 0 aromatic carbocycles. The predicted molar refractivity (Wildman–Crippen MR) is 50.5 cm³/mol. The zero-order valence-corrected chi connectivity index (χ0v) is 8.45. The second-order valence-corrected chi connectivity index (χ2v) is 5.06. The van der Waals surface area contributed by atoms with Gasteiger partial charge in [-0.3, -0.25) is 4.21 Å². The average Bonchev–Trinajstić information content (AvgIpc) is 2.47. The minimum atomic E-state index is -0.998. The number of unbranched alkanes of at least 4 members (excludes halogenated alkanes) is 1. The Morgan fingerprint density at radius 3 is 2.83 bits per heavy atom. The molecule has 0 saturated heterocycles. The van der Waals surface area contributed by atoms with E-state index in [4.69, 9.17) is 5.73 Å². The standard InChI is InChI=1S/C6H11N3OS2/c1-2-3-4-12(10)6-9-8-5(7)11-6/h2-4H2,1H3,(H2,7,8). The lowest BCUT2D eigenvalue weighted by molar-refractivity contribution is 0.678. The minimum Gasteiger partial charge on any atom is -0.374 e. The largest absolute Gasteiger partial charge is 0.374 e. The number of hydrogen-bond acceptors (Lipinski definition) is 5. The highest BCUT2D eigenvalue weighted by molar-refractivity contribution is 7.87. The fraction of sp³-hybridized carbons (Fsp3) is 0.667. The lowest BCUT2D eigenvalue weighted by Crippen LogP contribution is -1.96. The van der Waals surface area contributed by atoms with Crippen molar-refractivity contribution in [2.45, 2.75) is 24.1 Å². The van der Waals surface area contributed by atoms with Gasteiger partial charge in [0.25, 0.3) is 0 Å². The summed E-state index contributed by atoms with van der Waals surface area (Å²) in [5.41, 5.74) is 5.36. The molecule has 1 rings (SSSR count). The van der Waals surface area contributed by atoms with E-state index in [9.17, 15) is 4.21 Å². The van der Waals surface area contributed by atoms with Crippen LogP contribution in [0.25, 0.3) is 0 Å². The molecule has 1 unspecified atom stereocenters. The monoisotopic (exact) mass is 205 g/mol. The first-order valence-corrected chi connectivity index (χ1v) is 5.85. The molecule has 12 heavy (non-hydrogen) atoms. The number of anilines is 1. The van der Waals surface area contributed by atoms with E-state index in [0.717, 1.165) is 12.8 Å². The van der Waals surface area contributed by atoms with Crippen LogP contribution in [0.1, 0.15) is 19.8 Å². The highest BCUT2D eigenvalue weighted by Gasteiger charge is 2.08. The summed E-state index contributed by atoms with van der Waals surface area (Å²) in [7, 11) is -0.998. The Morgan fingerprint density at radius 1 is 1.58 bits per heavy atom. The Morgan fingerprint density at radius 2 is 2.33 bits per heavy atom. The molecule has 0 fully saturated rings. The zero-order valence-electron chi connectivity index (χ0n) is 6.82. The van der Waals surface area contributed by atoms with E-state index in [1.165, 1.54) is 11.3 Å². The van der Waals surface area contributed by atoms with Gasteiger partial charge in [-0.05, 0) is 6.42 Å². The van der Waals surface area contributed by atoms with Gasteiger partial charge in [-0.2, -0.15) is 0 Å². The molecule has 0 saturated carbocycles. The van der Waals surface area contributed by atoms with Crippen LogP contribution in [0.5, 0.6) is 0 Å². The second kappa shape index (κ2) is 4.51. The smallest absolute Gasteiger partial charge is 0.206 e. The Hall–Kier alpha value is -0.490. The van der Waals surface area contributed by atoms with E-state index in [0.29, 0.717) is 15.2 Å². The maximum atomic E-state index is 11.4. The molecule has 4 nitrogen and oxygen atoms in total. The van der Waals surface area contributed by atoms with E-state index in [1.54, 1.807) is 0 Å². The van der Waals surface area contributed by atoms with Gasteiger partial charge in [0.05, 0.1) is 10.8 Å². The molecule has 0 aliphatic carbocycles. The molecule has 1 atom stereocenters. The summed E-state index contributed by atoms with van der Waals surface area (Å²) in [4.78, 5) is 0. The van der Waals surface area contributed by atoms with E-state index in [-0.39, 0.29) is 0 Å². The number of hydrogen-bond donors (Lipinski definition) is 1. The summed E-state index contributed by atoms with van der Waals surface area (Å²) in [6.07, 6.45) is 1.99. The quantitative estimate of drug-likeness (QED) is 0.797. The Bertz CT molecular complexity index is 274. The average molecular weight is 205 g/mol. The predicted octanol–water partition coefficient (Wildman–Crippen LogP) is 1.03. The molecule has 1 aromatic heterocycles. The van der Waals surface area contributed by atoms with Crippen molar-refractivity contribution < 1.29 is 4.21 Å². The summed E-state index contributed by atoms with van der Waals surface area (Å²) in [5.74, 6) is 0.658. The van der Waals surface area contributed by atoms with Crippen LogP contribution in [0.4, 0.5) is 5.13 Å². The van der Waals surface area contributed by atoms with Crippen LogP contribution < -0.4 is 5.73 Å². The van der Waals surface area contributed by atoms with Crippen molar-refractivity contribution in [1.29, 1.82) is 0 Å². The van der Waals surface area contributed by atoms with Gasteiger partial charge in [-0.15, -0.1) is 10.2 Å². The number of nitrogens with zero attached hydrogens (tertiary/aromatic N) is 2. The normalized spacial score (nSPS) is 13.1. The van der Waals surface area contributed by atoms with Gasteiger partial charge < -0.3 is 5.73 Å². The van der Waals surface area contributed by atoms with E-state index in [1.807, 2.05) is 0 Å². The van der Waals surface area contributed by atoms with Crippen LogP contribution in [0, 0.1) is 0 Å². The molecule has 0 aliphatic rings. The highest BCUT2D eigenvalue weighted by atomic mass is 32.2. The number of rotatable bonds is 4. The summed E-state index contributed by atoms with van der Waals surface area (Å²) in [5, 5.41) is 7.70. The Labute approximate surface area is 77.7 Å². The van der Waals surface area contributed by atoms with Crippen LogP contribution in [-0.2, 0) is 10.8 Å². The van der Waals surface area contributed by atoms with Gasteiger partial charge in [0.15, 0.2) is 0 Å². The lowest BCUT2D eigenvalue weighted by atomic mass is 10.4. The van der Waals surface area contributed by atoms with E-state index in [2.05, 4.69) is 17.1 Å². The maximum Gasteiger partial charge on any atom is 0.206 e. The summed E-state index contributed by atoms with van der Waals surface area (Å²) >= 11 is 1.20. The molecule has 6 heteroatoms. The topological polar surface area (TPSA) is 68.9 Å². The highest BCUT2D eigenvalue weighted by Crippen LogP contribution is 2.15. The summed E-state index contributed by atoms with van der Waals surface area (Å²) in [6, 6.07) is 0. The SMILES string of the molecule is CCCCS(=O)c1nnc(N)s1. The Balaban J connectivity index is 2.53. The third kappa shape index (κ3) is 2.53. The van der Waals surface area contributed by atoms with Crippen LogP contribution in [-0.4, -0.2) is 20.2 Å². The van der Waals surface area contributed by atoms with Gasteiger partial charge in [0.1, 0.15) is 0 Å². The molecule has 0 bridgehead atoms. The first-order chi connectivity index (χ1) is 5.74. The molecule has 1 heterocycles. The van der Waals surface area contributed by atoms with Crippen LogP contribution in [0.15, 0.2) is 4.34 Å². The first kappa shape index (κ1) is 9.60. The van der Waals surface area contributed by atoms with Gasteiger partial charge in [-0.1, -0.05) is 24.7 Å². The number of nitrogen functional groups attached to an aromatic ring is 1. The molecule has 2 N–H and O–H groups in total. The van der Waals surface area contributed by atoms with Crippen molar-refractivity contribution in [3.05, 3.63) is 0 Å². The Kier molecular flexibility index (Phi) is 3.61. The van der Waals surface area contributed by atoms with Gasteiger partial charge in [0.2, 0.25) is 9.47 Å². The molecule has 68 valence electrons. The van der Waals surface area contributed by atoms with Crippen molar-refractivity contribution in [3.8, 4) is 0 Å². The minimum absolute atomic E-state index is 0.384. The van der Waals surface area contributed by atoms with Crippen molar-refractivity contribution in [2.75, 3.05) is 11.5 Å². The van der Waals surface area contributed by atoms with Crippen molar-refractivity contribution in [3.63, 3.8) is 0 Å². The molecular formula is C6H11N3OS2. The van der Waals surface area contributed by atoms with Crippen LogP contribution in [0.2, 0.25) is 0 Å². The molecule has 0 aliphatic heterocycles. The maximum absolute atomic E-state index is 11.4. The fourth-order valence-electron chi connectivity index (χ4n) is 0.675. The third-order valence-corrected chi connectivity index (χ3v) is 3.79. The van der Waals surface area contributed by atoms with Gasteiger partial charge in [0, 0.05) is 5.75 Å². The summed E-state index contributed by atoms with van der Waals surface area (Å²) in [6.45, 7) is 2.06. The molecular weight excluding hydrogens is 194 g/mol. The van der Waals surface area contributed by atoms with Crippen molar-refractivity contribution in [2.24, 2.45) is 0 Å².